The van der Waals surface area contributed by atoms with Gasteiger partial charge < -0.3 is 5.73 Å². The standard InChI is InChI=1S/C11H12N2S2/c12-7-9-2-1-3-10(6-9)15-8-11-13-4-5-14-11/h1-6H,7-8,12H2. The first-order chi connectivity index (χ1) is 7.38. The van der Waals surface area contributed by atoms with E-state index >= 15 is 0 Å². The number of thioether (sulfide) groups is 1. The number of hydrogen-bond acceptors (Lipinski definition) is 4. The normalized spacial score (nSPS) is 10.5. The molecule has 2 aromatic rings. The smallest absolute Gasteiger partial charge is 0.103 e. The molecule has 0 saturated heterocycles. The summed E-state index contributed by atoms with van der Waals surface area (Å²) in [5.74, 6) is 0.936. The lowest BCUT2D eigenvalue weighted by Gasteiger charge is -2.01. The lowest BCUT2D eigenvalue weighted by atomic mass is 10.2. The van der Waals surface area contributed by atoms with Crippen molar-refractivity contribution in [1.82, 2.24) is 4.98 Å². The van der Waals surface area contributed by atoms with Crippen LogP contribution in [0.4, 0.5) is 0 Å². The highest BCUT2D eigenvalue weighted by Crippen LogP contribution is 2.24. The predicted molar refractivity (Wildman–Crippen MR) is 66.0 cm³/mol. The number of thiazole rings is 1. The van der Waals surface area contributed by atoms with Gasteiger partial charge in [0, 0.05) is 23.0 Å². The van der Waals surface area contributed by atoms with Gasteiger partial charge in [-0.1, -0.05) is 12.1 Å². The molecule has 0 saturated carbocycles. The zero-order valence-electron chi connectivity index (χ0n) is 8.22. The van der Waals surface area contributed by atoms with E-state index in [1.807, 2.05) is 23.7 Å². The van der Waals surface area contributed by atoms with E-state index in [0.29, 0.717) is 6.54 Å². The Morgan fingerprint density at radius 3 is 3.07 bits per heavy atom. The highest BCUT2D eigenvalue weighted by Gasteiger charge is 1.99. The number of benzene rings is 1. The maximum atomic E-state index is 5.59. The van der Waals surface area contributed by atoms with Crippen molar-refractivity contribution in [3.05, 3.63) is 46.4 Å². The molecule has 1 heterocycles. The lowest BCUT2D eigenvalue weighted by molar-refractivity contribution is 1.06. The van der Waals surface area contributed by atoms with Crippen LogP contribution >= 0.6 is 23.1 Å². The molecule has 15 heavy (non-hydrogen) atoms. The molecule has 0 amide bonds. The van der Waals surface area contributed by atoms with Crippen molar-refractivity contribution < 1.29 is 0 Å². The minimum atomic E-state index is 0.603. The Balaban J connectivity index is 1.98. The molecule has 0 unspecified atom stereocenters. The predicted octanol–water partition coefficient (Wildman–Crippen LogP) is 2.89. The molecule has 2 nitrogen and oxygen atoms in total. The molecule has 1 aromatic heterocycles. The van der Waals surface area contributed by atoms with Crippen LogP contribution in [0, 0.1) is 0 Å². The Morgan fingerprint density at radius 2 is 2.33 bits per heavy atom. The second-order valence-corrected chi connectivity index (χ2v) is 5.09. The van der Waals surface area contributed by atoms with Crippen molar-refractivity contribution in [2.45, 2.75) is 17.2 Å². The molecule has 2 N–H and O–H groups in total. The minimum Gasteiger partial charge on any atom is -0.326 e. The molecule has 0 spiro atoms. The van der Waals surface area contributed by atoms with Gasteiger partial charge >= 0.3 is 0 Å². The summed E-state index contributed by atoms with van der Waals surface area (Å²) >= 11 is 3.50. The number of nitrogens with two attached hydrogens (primary N) is 1. The highest BCUT2D eigenvalue weighted by molar-refractivity contribution is 7.98. The molecule has 78 valence electrons. The average Bonchev–Trinajstić information content (AvgIpc) is 2.79. The van der Waals surface area contributed by atoms with Gasteiger partial charge in [-0.15, -0.1) is 23.1 Å². The fourth-order valence-corrected chi connectivity index (χ4v) is 2.86. The van der Waals surface area contributed by atoms with E-state index in [1.165, 1.54) is 10.5 Å². The van der Waals surface area contributed by atoms with Crippen molar-refractivity contribution in [3.8, 4) is 0 Å². The molecule has 0 aliphatic rings. The number of aromatic nitrogens is 1. The molecular weight excluding hydrogens is 224 g/mol. The molecule has 0 bridgehead atoms. The molecule has 0 atom stereocenters. The van der Waals surface area contributed by atoms with Crippen molar-refractivity contribution >= 4 is 23.1 Å². The lowest BCUT2D eigenvalue weighted by Crippen LogP contribution is -1.95. The SMILES string of the molecule is NCc1cccc(SCc2nccs2)c1. The van der Waals surface area contributed by atoms with Crippen LogP contribution in [0.15, 0.2) is 40.7 Å². The Hall–Kier alpha value is -0.840. The van der Waals surface area contributed by atoms with Gasteiger partial charge in [0.1, 0.15) is 5.01 Å². The van der Waals surface area contributed by atoms with Crippen LogP contribution in [0.5, 0.6) is 0 Å². The third kappa shape index (κ3) is 3.06. The summed E-state index contributed by atoms with van der Waals surface area (Å²) in [6.45, 7) is 0.603. The van der Waals surface area contributed by atoms with E-state index in [4.69, 9.17) is 5.73 Å². The molecule has 0 fully saturated rings. The van der Waals surface area contributed by atoms with Gasteiger partial charge in [0.05, 0.1) is 5.75 Å². The van der Waals surface area contributed by atoms with Gasteiger partial charge in [-0.05, 0) is 17.7 Å². The molecular formula is C11H12N2S2. The first kappa shape index (κ1) is 10.7. The van der Waals surface area contributed by atoms with E-state index in [1.54, 1.807) is 23.1 Å². The molecule has 4 heteroatoms. The van der Waals surface area contributed by atoms with E-state index in [0.717, 1.165) is 10.8 Å². The second-order valence-electron chi connectivity index (χ2n) is 3.07. The van der Waals surface area contributed by atoms with Crippen molar-refractivity contribution in [1.29, 1.82) is 0 Å². The number of hydrogen-bond donors (Lipinski definition) is 1. The molecule has 0 aliphatic heterocycles. The first-order valence-electron chi connectivity index (χ1n) is 4.68. The van der Waals surface area contributed by atoms with Gasteiger partial charge in [-0.2, -0.15) is 0 Å². The van der Waals surface area contributed by atoms with Crippen molar-refractivity contribution in [2.75, 3.05) is 0 Å². The zero-order valence-corrected chi connectivity index (χ0v) is 9.85. The zero-order chi connectivity index (χ0) is 10.5. The highest BCUT2D eigenvalue weighted by atomic mass is 32.2. The van der Waals surface area contributed by atoms with Crippen molar-refractivity contribution in [2.24, 2.45) is 5.73 Å². The summed E-state index contributed by atoms with van der Waals surface area (Å²) < 4.78 is 0. The minimum absolute atomic E-state index is 0.603. The van der Waals surface area contributed by atoms with Gasteiger partial charge in [-0.25, -0.2) is 4.98 Å². The quantitative estimate of drug-likeness (QED) is 0.830. The summed E-state index contributed by atoms with van der Waals surface area (Å²) in [6.07, 6.45) is 1.84. The summed E-state index contributed by atoms with van der Waals surface area (Å²) in [7, 11) is 0. The maximum absolute atomic E-state index is 5.59. The third-order valence-electron chi connectivity index (χ3n) is 1.98. The monoisotopic (exact) mass is 236 g/mol. The molecule has 2 rings (SSSR count). The fraction of sp³-hybridized carbons (Fsp3) is 0.182. The Morgan fingerprint density at radius 1 is 1.40 bits per heavy atom. The van der Waals surface area contributed by atoms with Crippen molar-refractivity contribution in [3.63, 3.8) is 0 Å². The maximum Gasteiger partial charge on any atom is 0.103 e. The third-order valence-corrected chi connectivity index (χ3v) is 3.95. The number of rotatable bonds is 4. The molecule has 0 radical (unpaired) electrons. The largest absolute Gasteiger partial charge is 0.326 e. The van der Waals surface area contributed by atoms with Gasteiger partial charge in [0.25, 0.3) is 0 Å². The van der Waals surface area contributed by atoms with E-state index in [9.17, 15) is 0 Å². The van der Waals surface area contributed by atoms with Crippen LogP contribution in [0.2, 0.25) is 0 Å². The van der Waals surface area contributed by atoms with Crippen LogP contribution in [-0.2, 0) is 12.3 Å². The molecule has 0 aliphatic carbocycles. The summed E-state index contributed by atoms with van der Waals surface area (Å²) in [5, 5.41) is 3.17. The Labute approximate surface area is 97.5 Å². The Kier molecular flexibility index (Phi) is 3.77. The van der Waals surface area contributed by atoms with Gasteiger partial charge in [0.2, 0.25) is 0 Å². The molecule has 1 aromatic carbocycles. The van der Waals surface area contributed by atoms with E-state index < -0.39 is 0 Å². The van der Waals surface area contributed by atoms with Crippen LogP contribution < -0.4 is 5.73 Å². The van der Waals surface area contributed by atoms with Crippen LogP contribution in [0.3, 0.4) is 0 Å². The van der Waals surface area contributed by atoms with Crippen LogP contribution in [0.25, 0.3) is 0 Å². The Bertz CT molecular complexity index is 412. The topological polar surface area (TPSA) is 38.9 Å². The van der Waals surface area contributed by atoms with E-state index in [-0.39, 0.29) is 0 Å². The van der Waals surface area contributed by atoms with Crippen LogP contribution in [-0.4, -0.2) is 4.98 Å². The van der Waals surface area contributed by atoms with E-state index in [2.05, 4.69) is 17.1 Å². The second kappa shape index (κ2) is 5.30. The van der Waals surface area contributed by atoms with Crippen LogP contribution in [0.1, 0.15) is 10.6 Å². The summed E-state index contributed by atoms with van der Waals surface area (Å²) in [5.41, 5.74) is 6.77. The number of nitrogens with zero attached hydrogens (tertiary/aromatic N) is 1. The summed E-state index contributed by atoms with van der Waals surface area (Å²) in [6, 6.07) is 8.34. The average molecular weight is 236 g/mol. The van der Waals surface area contributed by atoms with Gasteiger partial charge in [0.15, 0.2) is 0 Å². The van der Waals surface area contributed by atoms with Gasteiger partial charge in [-0.3, -0.25) is 0 Å². The first-order valence-corrected chi connectivity index (χ1v) is 6.55. The summed E-state index contributed by atoms with van der Waals surface area (Å²) in [4.78, 5) is 5.50. The fourth-order valence-electron chi connectivity index (χ4n) is 1.23.